The van der Waals surface area contributed by atoms with Crippen LogP contribution in [0, 0.1) is 0 Å². The van der Waals surface area contributed by atoms with Crippen LogP contribution < -0.4 is 5.73 Å². The summed E-state index contributed by atoms with van der Waals surface area (Å²) in [4.78, 5) is 15.7. The number of carbonyl (C=O) groups is 1. The molecule has 0 aromatic carbocycles. The zero-order valence-corrected chi connectivity index (χ0v) is 12.3. The monoisotopic (exact) mass is 248 g/mol. The molecule has 0 fully saturated rings. The second kappa shape index (κ2) is 7.64. The maximum atomic E-state index is 11.2. The Labute approximate surface area is 110 Å². The van der Waals surface area contributed by atoms with E-state index >= 15 is 0 Å². The van der Waals surface area contributed by atoms with Gasteiger partial charge in [0.1, 0.15) is 0 Å². The fraction of sp³-hybridized carbons (Fsp3) is 0.467. The molecule has 0 aliphatic carbocycles. The van der Waals surface area contributed by atoms with Gasteiger partial charge in [0.15, 0.2) is 5.78 Å². The standard InChI is InChI=1S/C15H24N2O/c1-7-15(8-10(2)14(6)18)13(5)17-12(4)9-11(3)16/h8-9H,7,16H2,1-6H3/b10-8+,11-9?,15-13+,17-12?. The lowest BCUT2D eigenvalue weighted by Crippen LogP contribution is -1.97. The zero-order valence-electron chi connectivity index (χ0n) is 12.3. The van der Waals surface area contributed by atoms with Crippen LogP contribution >= 0.6 is 0 Å². The molecule has 0 saturated heterocycles. The lowest BCUT2D eigenvalue weighted by molar-refractivity contribution is -0.113. The van der Waals surface area contributed by atoms with E-state index in [4.69, 9.17) is 5.73 Å². The summed E-state index contributed by atoms with van der Waals surface area (Å²) >= 11 is 0. The molecule has 3 heteroatoms. The van der Waals surface area contributed by atoms with E-state index in [9.17, 15) is 4.79 Å². The molecule has 0 aliphatic heterocycles. The summed E-state index contributed by atoms with van der Waals surface area (Å²) < 4.78 is 0. The van der Waals surface area contributed by atoms with Gasteiger partial charge in [-0.25, -0.2) is 0 Å². The Kier molecular flexibility index (Phi) is 6.94. The van der Waals surface area contributed by atoms with E-state index in [1.54, 1.807) is 6.92 Å². The van der Waals surface area contributed by atoms with Crippen LogP contribution in [0.3, 0.4) is 0 Å². The summed E-state index contributed by atoms with van der Waals surface area (Å²) in [5.74, 6) is 0.0900. The lowest BCUT2D eigenvalue weighted by Gasteiger charge is -2.04. The van der Waals surface area contributed by atoms with Crippen LogP contribution in [0.2, 0.25) is 0 Å². The number of carbonyl (C=O) groups excluding carboxylic acids is 1. The first-order chi connectivity index (χ1) is 8.27. The summed E-state index contributed by atoms with van der Waals surface area (Å²) in [6.45, 7) is 11.1. The van der Waals surface area contributed by atoms with Gasteiger partial charge in [-0.3, -0.25) is 9.79 Å². The number of allylic oxidation sites excluding steroid dienone is 6. The number of ketones is 1. The number of Topliss-reactive ketones (excluding diaryl/α,β-unsaturated/α-hetero) is 1. The Morgan fingerprint density at radius 1 is 1.11 bits per heavy atom. The second-order valence-electron chi connectivity index (χ2n) is 4.49. The predicted octanol–water partition coefficient (Wildman–Crippen LogP) is 3.53. The largest absolute Gasteiger partial charge is 0.402 e. The average Bonchev–Trinajstić information content (AvgIpc) is 2.23. The Balaban J connectivity index is 5.36. The molecule has 2 N–H and O–H groups in total. The fourth-order valence-corrected chi connectivity index (χ4v) is 1.52. The Morgan fingerprint density at radius 2 is 1.67 bits per heavy atom. The van der Waals surface area contributed by atoms with Gasteiger partial charge in [-0.2, -0.15) is 0 Å². The van der Waals surface area contributed by atoms with E-state index in [1.165, 1.54) is 0 Å². The molecule has 0 aromatic heterocycles. The van der Waals surface area contributed by atoms with Crippen molar-refractivity contribution in [1.29, 1.82) is 0 Å². The van der Waals surface area contributed by atoms with Crippen molar-refractivity contribution in [3.8, 4) is 0 Å². The van der Waals surface area contributed by atoms with E-state index in [-0.39, 0.29) is 5.78 Å². The average molecular weight is 248 g/mol. The molecular weight excluding hydrogens is 224 g/mol. The minimum atomic E-state index is 0.0900. The zero-order chi connectivity index (χ0) is 14.3. The van der Waals surface area contributed by atoms with Crippen LogP contribution in [0.5, 0.6) is 0 Å². The quantitative estimate of drug-likeness (QED) is 0.459. The summed E-state index contributed by atoms with van der Waals surface area (Å²) in [5, 5.41) is 0. The molecule has 0 atom stereocenters. The first-order valence-corrected chi connectivity index (χ1v) is 6.16. The Hall–Kier alpha value is -1.64. The number of nitrogens with two attached hydrogens (primary N) is 1. The van der Waals surface area contributed by atoms with Gasteiger partial charge in [0.05, 0.1) is 0 Å². The highest BCUT2D eigenvalue weighted by molar-refractivity contribution is 5.94. The Bertz CT molecular complexity index is 433. The maximum Gasteiger partial charge on any atom is 0.155 e. The topological polar surface area (TPSA) is 55.5 Å². The molecule has 0 aromatic rings. The molecule has 3 nitrogen and oxygen atoms in total. The van der Waals surface area contributed by atoms with Crippen molar-refractivity contribution in [2.45, 2.75) is 48.0 Å². The summed E-state index contributed by atoms with van der Waals surface area (Å²) in [6, 6.07) is 0. The highest BCUT2D eigenvalue weighted by Crippen LogP contribution is 2.14. The van der Waals surface area contributed by atoms with E-state index in [1.807, 2.05) is 39.8 Å². The SMILES string of the molecule is CCC(/C=C(\C)C(C)=O)=C(/C)N=C(C)C=C(C)N. The van der Waals surface area contributed by atoms with Crippen molar-refractivity contribution in [2.24, 2.45) is 10.7 Å². The van der Waals surface area contributed by atoms with Crippen LogP contribution in [0.4, 0.5) is 0 Å². The van der Waals surface area contributed by atoms with Gasteiger partial charge in [0.25, 0.3) is 0 Å². The van der Waals surface area contributed by atoms with Gasteiger partial charge < -0.3 is 5.73 Å². The van der Waals surface area contributed by atoms with Crippen molar-refractivity contribution in [3.63, 3.8) is 0 Å². The minimum absolute atomic E-state index is 0.0900. The normalized spacial score (nSPS) is 15.6. The van der Waals surface area contributed by atoms with Crippen LogP contribution in [0.15, 0.2) is 39.7 Å². The third-order valence-electron chi connectivity index (χ3n) is 2.57. The third kappa shape index (κ3) is 6.18. The minimum Gasteiger partial charge on any atom is -0.402 e. The number of rotatable bonds is 5. The van der Waals surface area contributed by atoms with Gasteiger partial charge in [-0.05, 0) is 58.3 Å². The molecule has 0 amide bonds. The van der Waals surface area contributed by atoms with E-state index in [0.717, 1.165) is 34.7 Å². The Morgan fingerprint density at radius 3 is 2.06 bits per heavy atom. The number of hydrogen-bond donors (Lipinski definition) is 1. The van der Waals surface area contributed by atoms with Gasteiger partial charge in [0, 0.05) is 17.1 Å². The molecule has 0 saturated carbocycles. The van der Waals surface area contributed by atoms with Crippen molar-refractivity contribution >= 4 is 11.5 Å². The first kappa shape index (κ1) is 16.4. The smallest absolute Gasteiger partial charge is 0.155 e. The third-order valence-corrected chi connectivity index (χ3v) is 2.57. The van der Waals surface area contributed by atoms with Crippen LogP contribution in [0.1, 0.15) is 48.0 Å². The maximum absolute atomic E-state index is 11.2. The molecule has 0 rings (SSSR count). The molecule has 0 radical (unpaired) electrons. The van der Waals surface area contributed by atoms with Crippen molar-refractivity contribution in [1.82, 2.24) is 0 Å². The number of aliphatic imine (C=N–C) groups is 1. The lowest BCUT2D eigenvalue weighted by atomic mass is 10.1. The molecule has 0 unspecified atom stereocenters. The highest BCUT2D eigenvalue weighted by atomic mass is 16.1. The molecule has 0 bridgehead atoms. The van der Waals surface area contributed by atoms with E-state index in [2.05, 4.69) is 11.9 Å². The van der Waals surface area contributed by atoms with Gasteiger partial charge in [-0.1, -0.05) is 13.0 Å². The summed E-state index contributed by atoms with van der Waals surface area (Å²) in [5.41, 5.74) is 9.96. The molecule has 18 heavy (non-hydrogen) atoms. The van der Waals surface area contributed by atoms with Crippen LogP contribution in [-0.4, -0.2) is 11.5 Å². The summed E-state index contributed by atoms with van der Waals surface area (Å²) in [6.07, 6.45) is 4.59. The predicted molar refractivity (Wildman–Crippen MR) is 78.5 cm³/mol. The first-order valence-electron chi connectivity index (χ1n) is 6.16. The van der Waals surface area contributed by atoms with Gasteiger partial charge >= 0.3 is 0 Å². The fourth-order valence-electron chi connectivity index (χ4n) is 1.52. The van der Waals surface area contributed by atoms with Crippen molar-refractivity contribution in [3.05, 3.63) is 34.7 Å². The second-order valence-corrected chi connectivity index (χ2v) is 4.49. The van der Waals surface area contributed by atoms with Gasteiger partial charge in [-0.15, -0.1) is 0 Å². The molecule has 0 spiro atoms. The van der Waals surface area contributed by atoms with E-state index < -0.39 is 0 Å². The van der Waals surface area contributed by atoms with Crippen molar-refractivity contribution < 1.29 is 4.79 Å². The summed E-state index contributed by atoms with van der Waals surface area (Å²) in [7, 11) is 0. The molecule has 0 aliphatic rings. The van der Waals surface area contributed by atoms with E-state index in [0.29, 0.717) is 0 Å². The van der Waals surface area contributed by atoms with Crippen LogP contribution in [-0.2, 0) is 4.79 Å². The number of hydrogen-bond acceptors (Lipinski definition) is 3. The molecule has 100 valence electrons. The molecule has 0 heterocycles. The van der Waals surface area contributed by atoms with Crippen LogP contribution in [0.25, 0.3) is 0 Å². The number of nitrogens with zero attached hydrogens (tertiary/aromatic N) is 1. The highest BCUT2D eigenvalue weighted by Gasteiger charge is 2.01. The van der Waals surface area contributed by atoms with Crippen molar-refractivity contribution in [2.75, 3.05) is 0 Å². The molecular formula is C15H24N2O. The van der Waals surface area contributed by atoms with Gasteiger partial charge in [0.2, 0.25) is 0 Å².